The fourth-order valence-corrected chi connectivity index (χ4v) is 3.33. The minimum atomic E-state index is -4.51. The molecule has 1 N–H and O–H groups in total. The van der Waals surface area contributed by atoms with Gasteiger partial charge in [-0.25, -0.2) is 9.50 Å². The van der Waals surface area contributed by atoms with Crippen LogP contribution in [0.1, 0.15) is 34.5 Å². The van der Waals surface area contributed by atoms with E-state index in [1.165, 1.54) is 10.7 Å². The summed E-state index contributed by atoms with van der Waals surface area (Å²) < 4.78 is 41.2. The first-order valence-electron chi connectivity index (χ1n) is 9.02. The molecule has 0 spiro atoms. The second-order valence-corrected chi connectivity index (χ2v) is 7.06. The summed E-state index contributed by atoms with van der Waals surface area (Å²) in [6, 6.07) is 8.76. The summed E-state index contributed by atoms with van der Waals surface area (Å²) in [7, 11) is 0. The van der Waals surface area contributed by atoms with Gasteiger partial charge in [0, 0.05) is 11.3 Å². The number of aryl methyl sites for hydroxylation is 1. The van der Waals surface area contributed by atoms with E-state index in [0.717, 1.165) is 0 Å². The largest absolute Gasteiger partial charge is 0.408 e. The van der Waals surface area contributed by atoms with E-state index in [4.69, 9.17) is 0 Å². The monoisotopic (exact) mass is 399 g/mol. The lowest BCUT2D eigenvalue weighted by molar-refractivity contribution is -0.158. The maximum absolute atomic E-state index is 13.3. The van der Waals surface area contributed by atoms with E-state index in [1.54, 1.807) is 37.3 Å². The Balaban J connectivity index is 1.75. The first kappa shape index (κ1) is 18.9. The Kier molecular flexibility index (Phi) is 4.49. The Labute approximate surface area is 164 Å². The van der Waals surface area contributed by atoms with Crippen molar-refractivity contribution in [3.8, 4) is 17.3 Å². The van der Waals surface area contributed by atoms with E-state index in [1.807, 2.05) is 0 Å². The highest BCUT2D eigenvalue weighted by molar-refractivity contribution is 6.00. The van der Waals surface area contributed by atoms with Crippen LogP contribution in [0.25, 0.3) is 16.9 Å². The maximum Gasteiger partial charge on any atom is 0.408 e. The molecule has 2 heterocycles. The Morgan fingerprint density at radius 2 is 2.07 bits per heavy atom. The van der Waals surface area contributed by atoms with Crippen molar-refractivity contribution in [2.24, 2.45) is 5.92 Å². The lowest BCUT2D eigenvalue weighted by Crippen LogP contribution is -2.46. The molecule has 1 saturated carbocycles. The molecule has 0 bridgehead atoms. The molecule has 0 aliphatic heterocycles. The molecule has 4 rings (SSSR count). The summed E-state index contributed by atoms with van der Waals surface area (Å²) in [4.78, 5) is 17.1. The minimum Gasteiger partial charge on any atom is -0.340 e. The number of benzene rings is 1. The van der Waals surface area contributed by atoms with Crippen LogP contribution in [0.15, 0.2) is 36.5 Å². The van der Waals surface area contributed by atoms with E-state index >= 15 is 0 Å². The Morgan fingerprint density at radius 3 is 2.72 bits per heavy atom. The molecular formula is C20H16F3N5O. The number of carbonyl (C=O) groups excluding carboxylic acids is 1. The second-order valence-electron chi connectivity index (χ2n) is 7.06. The summed E-state index contributed by atoms with van der Waals surface area (Å²) >= 11 is 0. The number of amides is 1. The normalized spacial score (nSPS) is 15.1. The van der Waals surface area contributed by atoms with Crippen LogP contribution in [0.5, 0.6) is 0 Å². The average Bonchev–Trinajstić information content (AvgIpc) is 3.42. The number of alkyl halides is 3. The number of carbonyl (C=O) groups is 1. The van der Waals surface area contributed by atoms with Gasteiger partial charge in [-0.05, 0) is 37.8 Å². The summed E-state index contributed by atoms with van der Waals surface area (Å²) in [5.41, 5.74) is 2.14. The molecule has 9 heteroatoms. The molecule has 2 aromatic heterocycles. The van der Waals surface area contributed by atoms with E-state index in [2.05, 4.69) is 21.5 Å². The fourth-order valence-electron chi connectivity index (χ4n) is 3.33. The number of halogens is 3. The number of nitrogens with zero attached hydrogens (tertiary/aromatic N) is 4. The van der Waals surface area contributed by atoms with Crippen LogP contribution in [0.2, 0.25) is 0 Å². The van der Waals surface area contributed by atoms with Gasteiger partial charge in [-0.3, -0.25) is 4.79 Å². The highest BCUT2D eigenvalue weighted by atomic mass is 19.4. The second kappa shape index (κ2) is 6.88. The van der Waals surface area contributed by atoms with Gasteiger partial charge in [-0.1, -0.05) is 18.2 Å². The number of fused-ring (bicyclic) bond motifs is 1. The van der Waals surface area contributed by atoms with Gasteiger partial charge in [0.2, 0.25) is 0 Å². The minimum absolute atomic E-state index is 0.0423. The average molecular weight is 399 g/mol. The fraction of sp³-hybridized carbons (Fsp3) is 0.300. The van der Waals surface area contributed by atoms with Gasteiger partial charge < -0.3 is 5.32 Å². The summed E-state index contributed by atoms with van der Waals surface area (Å²) in [5.74, 6) is -1.46. The highest BCUT2D eigenvalue weighted by Gasteiger charge is 2.49. The van der Waals surface area contributed by atoms with Gasteiger partial charge in [0.05, 0.1) is 23.5 Å². The van der Waals surface area contributed by atoms with Gasteiger partial charge in [-0.15, -0.1) is 0 Å². The first-order chi connectivity index (χ1) is 13.8. The van der Waals surface area contributed by atoms with Crippen LogP contribution in [-0.2, 0) is 0 Å². The molecule has 3 aromatic rings. The van der Waals surface area contributed by atoms with E-state index < -0.39 is 24.0 Å². The van der Waals surface area contributed by atoms with Crippen LogP contribution in [-0.4, -0.2) is 32.7 Å². The lowest BCUT2D eigenvalue weighted by atomic mass is 10.0. The van der Waals surface area contributed by atoms with E-state index in [0.29, 0.717) is 35.4 Å². The predicted molar refractivity (Wildman–Crippen MR) is 97.9 cm³/mol. The van der Waals surface area contributed by atoms with Crippen molar-refractivity contribution in [1.82, 2.24) is 19.9 Å². The third-order valence-electron chi connectivity index (χ3n) is 4.95. The quantitative estimate of drug-likeness (QED) is 0.726. The molecule has 1 amide bonds. The molecule has 6 nitrogen and oxygen atoms in total. The van der Waals surface area contributed by atoms with Crippen molar-refractivity contribution in [2.45, 2.75) is 32.0 Å². The van der Waals surface area contributed by atoms with Gasteiger partial charge in [-0.2, -0.15) is 23.5 Å². The molecule has 1 atom stereocenters. The molecular weight excluding hydrogens is 383 g/mol. The van der Waals surface area contributed by atoms with Crippen molar-refractivity contribution >= 4 is 11.6 Å². The molecule has 0 saturated heterocycles. The zero-order chi connectivity index (χ0) is 20.8. The van der Waals surface area contributed by atoms with Crippen LogP contribution in [0, 0.1) is 24.2 Å². The highest BCUT2D eigenvalue weighted by Crippen LogP contribution is 2.40. The molecule has 29 heavy (non-hydrogen) atoms. The third kappa shape index (κ3) is 3.53. The van der Waals surface area contributed by atoms with E-state index in [-0.39, 0.29) is 11.2 Å². The Hall–Kier alpha value is -3.41. The van der Waals surface area contributed by atoms with Gasteiger partial charge >= 0.3 is 6.18 Å². The summed E-state index contributed by atoms with van der Waals surface area (Å²) in [6.07, 6.45) is -2.43. The summed E-state index contributed by atoms with van der Waals surface area (Å²) in [6.45, 7) is 1.74. The molecule has 1 aliphatic rings. The van der Waals surface area contributed by atoms with Gasteiger partial charge in [0.15, 0.2) is 5.65 Å². The number of nitrogens with one attached hydrogen (secondary N) is 1. The zero-order valence-electron chi connectivity index (χ0n) is 15.4. The van der Waals surface area contributed by atoms with Crippen molar-refractivity contribution in [2.75, 3.05) is 0 Å². The number of rotatable bonds is 4. The Morgan fingerprint density at radius 1 is 1.34 bits per heavy atom. The molecule has 1 aliphatic carbocycles. The smallest absolute Gasteiger partial charge is 0.340 e. The van der Waals surface area contributed by atoms with Crippen LogP contribution in [0.3, 0.4) is 0 Å². The Bertz CT molecular complexity index is 1140. The third-order valence-corrected chi connectivity index (χ3v) is 4.95. The van der Waals surface area contributed by atoms with Crippen LogP contribution >= 0.6 is 0 Å². The zero-order valence-corrected chi connectivity index (χ0v) is 15.4. The molecule has 1 fully saturated rings. The maximum atomic E-state index is 13.3. The molecule has 1 unspecified atom stereocenters. The number of aromatic nitrogens is 3. The number of hydrogen-bond acceptors (Lipinski definition) is 4. The first-order valence-corrected chi connectivity index (χ1v) is 9.02. The van der Waals surface area contributed by atoms with Crippen molar-refractivity contribution in [3.05, 3.63) is 53.3 Å². The SMILES string of the molecule is Cc1cc(-c2ccccc2C#N)nc2c(C(=O)NC(C3CC3)C(F)(F)F)cnn12. The molecule has 0 radical (unpaired) electrons. The molecule has 1 aromatic carbocycles. The van der Waals surface area contributed by atoms with Gasteiger partial charge in [0.1, 0.15) is 11.6 Å². The standard InChI is InChI=1S/C20H16F3N5O/c1-11-8-16(14-5-3-2-4-13(14)9-24)26-18-15(10-25-28(11)18)19(29)27-17(12-6-7-12)20(21,22)23/h2-5,8,10,12,17H,6-7H2,1H3,(H,27,29). The van der Waals surface area contributed by atoms with Crippen molar-refractivity contribution < 1.29 is 18.0 Å². The van der Waals surface area contributed by atoms with Crippen molar-refractivity contribution in [1.29, 1.82) is 5.26 Å². The van der Waals surface area contributed by atoms with E-state index in [9.17, 15) is 23.2 Å². The summed E-state index contributed by atoms with van der Waals surface area (Å²) in [5, 5.41) is 15.5. The topological polar surface area (TPSA) is 83.1 Å². The lowest BCUT2D eigenvalue weighted by Gasteiger charge is -2.20. The predicted octanol–water partition coefficient (Wildman–Crippen LogP) is 3.65. The van der Waals surface area contributed by atoms with Crippen LogP contribution < -0.4 is 5.32 Å². The van der Waals surface area contributed by atoms with Gasteiger partial charge in [0.25, 0.3) is 5.91 Å². The number of nitriles is 1. The molecule has 148 valence electrons. The van der Waals surface area contributed by atoms with Crippen molar-refractivity contribution in [3.63, 3.8) is 0 Å². The number of hydrogen-bond donors (Lipinski definition) is 1. The van der Waals surface area contributed by atoms with Crippen LogP contribution in [0.4, 0.5) is 13.2 Å².